The smallest absolute Gasteiger partial charge is 0.410 e. The molecule has 2 aliphatic rings. The van der Waals surface area contributed by atoms with Crippen LogP contribution >= 0.6 is 11.3 Å². The van der Waals surface area contributed by atoms with Gasteiger partial charge in [-0.2, -0.15) is 5.26 Å². The molecule has 0 unspecified atom stereocenters. The third-order valence-corrected chi connectivity index (χ3v) is 6.22. The normalized spacial score (nSPS) is 14.6. The van der Waals surface area contributed by atoms with Gasteiger partial charge in [-0.3, -0.25) is 4.79 Å². The lowest BCUT2D eigenvalue weighted by molar-refractivity contribution is -0.111. The first-order chi connectivity index (χ1) is 14.6. The van der Waals surface area contributed by atoms with Crippen molar-refractivity contribution in [3.63, 3.8) is 0 Å². The van der Waals surface area contributed by atoms with E-state index in [0.717, 1.165) is 33.7 Å². The van der Waals surface area contributed by atoms with Crippen molar-refractivity contribution in [3.05, 3.63) is 51.4 Å². The molecule has 0 radical (unpaired) electrons. The van der Waals surface area contributed by atoms with Crippen LogP contribution in [-0.2, 0) is 28.9 Å². The number of carbonyl (C=O) groups excluding carboxylic acids is 2. The Bertz CT molecular complexity index is 1070. The number of thiophene rings is 1. The van der Waals surface area contributed by atoms with E-state index in [4.69, 9.17) is 9.47 Å². The zero-order chi connectivity index (χ0) is 21.1. The Hall–Kier alpha value is -3.31. The number of ether oxygens (including phenoxy) is 2. The number of hydrogen-bond donors (Lipinski definition) is 1. The summed E-state index contributed by atoms with van der Waals surface area (Å²) < 4.78 is 10.7. The summed E-state index contributed by atoms with van der Waals surface area (Å²) in [5.41, 5.74) is 3.37. The fourth-order valence-corrected chi connectivity index (χ4v) is 4.89. The van der Waals surface area contributed by atoms with Crippen LogP contribution in [0.2, 0.25) is 0 Å². The van der Waals surface area contributed by atoms with Gasteiger partial charge in [-0.15, -0.1) is 11.3 Å². The summed E-state index contributed by atoms with van der Waals surface area (Å²) in [4.78, 5) is 27.0. The molecule has 1 aromatic heterocycles. The first-order valence-corrected chi connectivity index (χ1v) is 10.6. The predicted octanol–water partition coefficient (Wildman–Crippen LogP) is 3.72. The Labute approximate surface area is 178 Å². The number of nitriles is 1. The molecule has 0 bridgehead atoms. The van der Waals surface area contributed by atoms with Crippen LogP contribution in [0.25, 0.3) is 6.08 Å². The van der Waals surface area contributed by atoms with Gasteiger partial charge in [0, 0.05) is 29.5 Å². The Balaban J connectivity index is 1.49. The van der Waals surface area contributed by atoms with E-state index in [1.165, 1.54) is 17.4 Å². The van der Waals surface area contributed by atoms with E-state index in [1.54, 1.807) is 17.9 Å². The number of hydrogen-bond acceptors (Lipinski definition) is 6. The van der Waals surface area contributed by atoms with Crippen LogP contribution in [0.15, 0.2) is 24.3 Å². The monoisotopic (exact) mass is 423 g/mol. The van der Waals surface area contributed by atoms with E-state index in [9.17, 15) is 14.9 Å². The minimum absolute atomic E-state index is 0.317. The Morgan fingerprint density at radius 3 is 3.07 bits per heavy atom. The van der Waals surface area contributed by atoms with Crippen molar-refractivity contribution in [1.29, 1.82) is 5.26 Å². The van der Waals surface area contributed by atoms with Crippen LogP contribution < -0.4 is 10.1 Å². The second kappa shape index (κ2) is 8.59. The number of nitrogens with zero attached hydrogens (tertiary/aromatic N) is 2. The first-order valence-electron chi connectivity index (χ1n) is 9.80. The Morgan fingerprint density at radius 2 is 2.27 bits per heavy atom. The molecule has 4 rings (SSSR count). The average molecular weight is 423 g/mol. The second-order valence-electron chi connectivity index (χ2n) is 6.95. The van der Waals surface area contributed by atoms with Crippen molar-refractivity contribution in [2.24, 2.45) is 0 Å². The SMILES string of the molecule is CCOC(=O)N1CCc2c(sc(NC(=O)C=Cc3cccc4c3OCC4)c2C#N)C1. The molecule has 30 heavy (non-hydrogen) atoms. The summed E-state index contributed by atoms with van der Waals surface area (Å²) in [5.74, 6) is 0.507. The molecule has 0 atom stereocenters. The number of rotatable bonds is 4. The lowest BCUT2D eigenvalue weighted by Crippen LogP contribution is -2.35. The molecule has 8 heteroatoms. The Morgan fingerprint density at radius 1 is 1.40 bits per heavy atom. The molecule has 0 saturated carbocycles. The van der Waals surface area contributed by atoms with Crippen LogP contribution in [0.4, 0.5) is 9.80 Å². The number of anilines is 1. The fraction of sp³-hybridized carbons (Fsp3) is 0.318. The molecule has 1 N–H and O–H groups in total. The van der Waals surface area contributed by atoms with Crippen molar-refractivity contribution in [2.45, 2.75) is 26.3 Å². The van der Waals surface area contributed by atoms with Gasteiger partial charge in [-0.1, -0.05) is 18.2 Å². The molecule has 2 amide bonds. The zero-order valence-corrected chi connectivity index (χ0v) is 17.4. The summed E-state index contributed by atoms with van der Waals surface area (Å²) in [6.45, 7) is 3.61. The summed E-state index contributed by atoms with van der Waals surface area (Å²) >= 11 is 1.33. The summed E-state index contributed by atoms with van der Waals surface area (Å²) in [7, 11) is 0. The Kier molecular flexibility index (Phi) is 5.72. The molecular formula is C22H21N3O4S. The molecule has 0 spiro atoms. The molecule has 2 aromatic rings. The van der Waals surface area contributed by atoms with Crippen LogP contribution in [0.1, 0.15) is 34.1 Å². The number of fused-ring (bicyclic) bond motifs is 2. The van der Waals surface area contributed by atoms with Gasteiger partial charge in [-0.05, 0) is 30.5 Å². The third-order valence-electron chi connectivity index (χ3n) is 5.09. The molecule has 0 aliphatic carbocycles. The molecule has 3 heterocycles. The molecule has 154 valence electrons. The third kappa shape index (κ3) is 3.89. The highest BCUT2D eigenvalue weighted by atomic mass is 32.1. The van der Waals surface area contributed by atoms with Gasteiger partial charge in [0.25, 0.3) is 0 Å². The summed E-state index contributed by atoms with van der Waals surface area (Å²) in [6, 6.07) is 8.08. The topological polar surface area (TPSA) is 91.7 Å². The highest BCUT2D eigenvalue weighted by Gasteiger charge is 2.28. The van der Waals surface area contributed by atoms with Gasteiger partial charge in [0.1, 0.15) is 16.8 Å². The van der Waals surface area contributed by atoms with Gasteiger partial charge in [0.2, 0.25) is 5.91 Å². The van der Waals surface area contributed by atoms with Crippen LogP contribution in [-0.4, -0.2) is 36.7 Å². The van der Waals surface area contributed by atoms with Crippen LogP contribution in [0.3, 0.4) is 0 Å². The maximum atomic E-state index is 12.5. The number of nitrogens with one attached hydrogen (secondary N) is 1. The molecule has 1 aromatic carbocycles. The highest BCUT2D eigenvalue weighted by Crippen LogP contribution is 2.37. The maximum Gasteiger partial charge on any atom is 0.410 e. The number of amides is 2. The van der Waals surface area contributed by atoms with Crippen molar-refractivity contribution < 1.29 is 19.1 Å². The lowest BCUT2D eigenvalue weighted by Gasteiger charge is -2.25. The van der Waals surface area contributed by atoms with E-state index >= 15 is 0 Å². The summed E-state index contributed by atoms with van der Waals surface area (Å²) in [5, 5.41) is 12.9. The number of para-hydroxylation sites is 1. The predicted molar refractivity (Wildman–Crippen MR) is 113 cm³/mol. The van der Waals surface area contributed by atoms with Crippen molar-refractivity contribution in [3.8, 4) is 11.8 Å². The minimum atomic E-state index is -0.360. The van der Waals surface area contributed by atoms with Gasteiger partial charge in [0.05, 0.1) is 25.3 Å². The van der Waals surface area contributed by atoms with E-state index in [1.807, 2.05) is 18.2 Å². The summed E-state index contributed by atoms with van der Waals surface area (Å²) in [6.07, 6.45) is 4.25. The minimum Gasteiger partial charge on any atom is -0.492 e. The van der Waals surface area contributed by atoms with Gasteiger partial charge >= 0.3 is 6.09 Å². The molecular weight excluding hydrogens is 402 g/mol. The molecule has 7 nitrogen and oxygen atoms in total. The number of benzene rings is 1. The van der Waals surface area contributed by atoms with Gasteiger partial charge in [-0.25, -0.2) is 4.79 Å². The quantitative estimate of drug-likeness (QED) is 0.757. The van der Waals surface area contributed by atoms with E-state index < -0.39 is 0 Å². The largest absolute Gasteiger partial charge is 0.492 e. The van der Waals surface area contributed by atoms with E-state index in [2.05, 4.69) is 11.4 Å². The standard InChI is InChI=1S/C22H21N3O4S/c1-2-28-22(27)25-10-8-16-17(12-23)21(30-18(16)13-25)24-19(26)7-6-14-4-3-5-15-9-11-29-20(14)15/h3-7H,2,8-11,13H2,1H3,(H,24,26). The molecule has 0 saturated heterocycles. The van der Waals surface area contributed by atoms with Gasteiger partial charge in [0.15, 0.2) is 0 Å². The first kappa shape index (κ1) is 20.0. The van der Waals surface area contributed by atoms with Crippen molar-refractivity contribution in [2.75, 3.05) is 25.1 Å². The molecule has 2 aliphatic heterocycles. The van der Waals surface area contributed by atoms with Crippen molar-refractivity contribution in [1.82, 2.24) is 4.90 Å². The fourth-order valence-electron chi connectivity index (χ4n) is 3.67. The van der Waals surface area contributed by atoms with Crippen molar-refractivity contribution >= 4 is 34.4 Å². The zero-order valence-electron chi connectivity index (χ0n) is 16.6. The van der Waals surface area contributed by atoms with Gasteiger partial charge < -0.3 is 19.7 Å². The van der Waals surface area contributed by atoms with E-state index in [0.29, 0.717) is 43.3 Å². The number of carbonyl (C=O) groups is 2. The molecule has 0 fully saturated rings. The van der Waals surface area contributed by atoms with Crippen LogP contribution in [0, 0.1) is 11.3 Å². The highest BCUT2D eigenvalue weighted by molar-refractivity contribution is 7.16. The maximum absolute atomic E-state index is 12.5. The lowest BCUT2D eigenvalue weighted by atomic mass is 10.0. The van der Waals surface area contributed by atoms with E-state index in [-0.39, 0.29) is 12.0 Å². The average Bonchev–Trinajstić information content (AvgIpc) is 3.36. The van der Waals surface area contributed by atoms with Crippen LogP contribution in [0.5, 0.6) is 5.75 Å². The second-order valence-corrected chi connectivity index (χ2v) is 8.05.